The molecule has 0 spiro atoms. The van der Waals surface area contributed by atoms with Gasteiger partial charge < -0.3 is 10.1 Å². The Morgan fingerprint density at radius 2 is 1.81 bits per heavy atom. The summed E-state index contributed by atoms with van der Waals surface area (Å²) in [6, 6.07) is 10.5. The van der Waals surface area contributed by atoms with Gasteiger partial charge in [0.25, 0.3) is 16.0 Å². The molecular weight excluding hydrogens is 450 g/mol. The predicted octanol–water partition coefficient (Wildman–Crippen LogP) is 3.84. The monoisotopic (exact) mass is 471 g/mol. The fourth-order valence-corrected chi connectivity index (χ4v) is 5.17. The molecule has 0 saturated heterocycles. The summed E-state index contributed by atoms with van der Waals surface area (Å²) in [5.74, 6) is 0.0686. The first-order valence-corrected chi connectivity index (χ1v) is 11.9. The molecule has 32 heavy (non-hydrogen) atoms. The summed E-state index contributed by atoms with van der Waals surface area (Å²) >= 11 is 1.34. The van der Waals surface area contributed by atoms with Crippen LogP contribution in [0.1, 0.15) is 18.1 Å². The van der Waals surface area contributed by atoms with E-state index < -0.39 is 10.0 Å². The zero-order valence-electron chi connectivity index (χ0n) is 17.8. The maximum absolute atomic E-state index is 13.0. The Kier molecular flexibility index (Phi) is 5.61. The van der Waals surface area contributed by atoms with Gasteiger partial charge in [-0.05, 0) is 49.2 Å². The van der Waals surface area contributed by atoms with Gasteiger partial charge in [-0.2, -0.15) is 4.98 Å². The number of rotatable bonds is 6. The number of anilines is 2. The maximum Gasteiger partial charge on any atom is 0.267 e. The van der Waals surface area contributed by atoms with Gasteiger partial charge in [0.05, 0.1) is 12.8 Å². The number of aryl methyl sites for hydroxylation is 2. The Labute approximate surface area is 189 Å². The molecular formula is C21H21N5O4S2. The number of hydrogen-bond acceptors (Lipinski definition) is 7. The number of aromatic nitrogens is 3. The molecule has 0 fully saturated rings. The number of carbonyl (C=O) groups is 1. The van der Waals surface area contributed by atoms with Crippen LogP contribution < -0.4 is 14.8 Å². The molecule has 11 heteroatoms. The van der Waals surface area contributed by atoms with Crippen LogP contribution in [0.5, 0.6) is 5.75 Å². The highest BCUT2D eigenvalue weighted by molar-refractivity contribution is 7.92. The Morgan fingerprint density at radius 3 is 2.47 bits per heavy atom. The van der Waals surface area contributed by atoms with Crippen LogP contribution in [0, 0.1) is 13.8 Å². The third kappa shape index (κ3) is 4.16. The minimum Gasteiger partial charge on any atom is -0.495 e. The summed E-state index contributed by atoms with van der Waals surface area (Å²) in [6.07, 6.45) is 0. The number of benzene rings is 2. The summed E-state index contributed by atoms with van der Waals surface area (Å²) < 4.78 is 35.3. The number of thiazole rings is 1. The highest BCUT2D eigenvalue weighted by Gasteiger charge is 2.23. The van der Waals surface area contributed by atoms with Gasteiger partial charge in [-0.25, -0.2) is 17.7 Å². The molecule has 2 heterocycles. The van der Waals surface area contributed by atoms with Crippen molar-refractivity contribution in [3.63, 3.8) is 0 Å². The number of methoxy groups -OCH3 is 1. The maximum atomic E-state index is 13.0. The fraction of sp³-hybridized carbons (Fsp3) is 0.190. The second-order valence-corrected chi connectivity index (χ2v) is 9.69. The van der Waals surface area contributed by atoms with Crippen molar-refractivity contribution in [2.75, 3.05) is 17.1 Å². The third-order valence-corrected chi connectivity index (χ3v) is 7.04. The molecule has 2 aromatic heterocycles. The molecule has 0 aliphatic carbocycles. The van der Waals surface area contributed by atoms with Gasteiger partial charge in [0, 0.05) is 23.6 Å². The third-order valence-electron chi connectivity index (χ3n) is 4.88. The van der Waals surface area contributed by atoms with Gasteiger partial charge in [-0.15, -0.1) is 16.4 Å². The zero-order valence-corrected chi connectivity index (χ0v) is 19.5. The van der Waals surface area contributed by atoms with Crippen molar-refractivity contribution in [2.24, 2.45) is 0 Å². The molecule has 0 atom stereocenters. The van der Waals surface area contributed by atoms with Crippen LogP contribution >= 0.6 is 11.3 Å². The van der Waals surface area contributed by atoms with Crippen LogP contribution in [-0.2, 0) is 14.8 Å². The van der Waals surface area contributed by atoms with Crippen LogP contribution in [0.3, 0.4) is 0 Å². The van der Waals surface area contributed by atoms with Crippen LogP contribution in [0.25, 0.3) is 16.2 Å². The highest BCUT2D eigenvalue weighted by Crippen LogP contribution is 2.30. The number of fused-ring (bicyclic) bond motifs is 1. The first kappa shape index (κ1) is 21.8. The van der Waals surface area contributed by atoms with E-state index in [0.29, 0.717) is 10.6 Å². The molecule has 1 amide bonds. The molecule has 0 saturated carbocycles. The Balaban J connectivity index is 1.65. The number of amides is 1. The SMILES string of the molecule is COc1cc(C)c(C)cc1S(=O)(=O)Nc1nc2scc(-c3ccc(NC(C)=O)cc3)n2n1. The number of carbonyl (C=O) groups excluding carboxylic acids is 1. The van der Waals surface area contributed by atoms with Crippen molar-refractivity contribution in [1.82, 2.24) is 14.6 Å². The van der Waals surface area contributed by atoms with Crippen molar-refractivity contribution in [3.8, 4) is 17.0 Å². The highest BCUT2D eigenvalue weighted by atomic mass is 32.2. The summed E-state index contributed by atoms with van der Waals surface area (Å²) in [5, 5.41) is 8.94. The smallest absolute Gasteiger partial charge is 0.267 e. The van der Waals surface area contributed by atoms with Gasteiger partial charge in [-0.3, -0.25) is 4.79 Å². The van der Waals surface area contributed by atoms with Gasteiger partial charge in [-0.1, -0.05) is 12.1 Å². The fourth-order valence-electron chi connectivity index (χ4n) is 3.16. The molecule has 0 unspecified atom stereocenters. The molecule has 2 aromatic carbocycles. The molecule has 0 bridgehead atoms. The molecule has 166 valence electrons. The minimum atomic E-state index is -3.96. The van der Waals surface area contributed by atoms with E-state index in [0.717, 1.165) is 22.4 Å². The van der Waals surface area contributed by atoms with Gasteiger partial charge in [0.2, 0.25) is 10.9 Å². The van der Waals surface area contributed by atoms with Crippen LogP contribution in [0.2, 0.25) is 0 Å². The lowest BCUT2D eigenvalue weighted by molar-refractivity contribution is -0.114. The van der Waals surface area contributed by atoms with E-state index in [2.05, 4.69) is 20.1 Å². The van der Waals surface area contributed by atoms with Crippen molar-refractivity contribution < 1.29 is 17.9 Å². The second-order valence-electron chi connectivity index (χ2n) is 7.20. The van der Waals surface area contributed by atoms with E-state index in [1.807, 2.05) is 31.4 Å². The lowest BCUT2D eigenvalue weighted by Gasteiger charge is -2.12. The quantitative estimate of drug-likeness (QED) is 0.442. The van der Waals surface area contributed by atoms with Crippen molar-refractivity contribution in [1.29, 1.82) is 0 Å². The standard InChI is InChI=1S/C21H21N5O4S2/c1-12-9-18(30-4)19(10-13(12)2)32(28,29)25-20-23-21-26(24-20)17(11-31-21)15-5-7-16(8-6-15)22-14(3)27/h5-11H,1-4H3,(H,22,27)(H,24,25). The summed E-state index contributed by atoms with van der Waals surface area (Å²) in [5.41, 5.74) is 4.04. The molecule has 4 aromatic rings. The Morgan fingerprint density at radius 1 is 1.12 bits per heavy atom. The first-order chi connectivity index (χ1) is 15.2. The Hall–Kier alpha value is -3.44. The van der Waals surface area contributed by atoms with E-state index in [9.17, 15) is 13.2 Å². The van der Waals surface area contributed by atoms with E-state index in [4.69, 9.17) is 4.74 Å². The second kappa shape index (κ2) is 8.24. The van der Waals surface area contributed by atoms with Crippen LogP contribution in [0.4, 0.5) is 11.6 Å². The normalized spacial score (nSPS) is 11.5. The Bertz CT molecular complexity index is 1420. The number of nitrogens with one attached hydrogen (secondary N) is 2. The predicted molar refractivity (Wildman–Crippen MR) is 124 cm³/mol. The van der Waals surface area contributed by atoms with E-state index >= 15 is 0 Å². The molecule has 9 nitrogen and oxygen atoms in total. The molecule has 0 aliphatic rings. The zero-order chi connectivity index (χ0) is 23.0. The van der Waals surface area contributed by atoms with Crippen LogP contribution in [0.15, 0.2) is 46.7 Å². The molecule has 0 aliphatic heterocycles. The lowest BCUT2D eigenvalue weighted by atomic mass is 10.1. The summed E-state index contributed by atoms with van der Waals surface area (Å²) in [6.45, 7) is 5.17. The van der Waals surface area contributed by atoms with Gasteiger partial charge >= 0.3 is 0 Å². The largest absolute Gasteiger partial charge is 0.495 e. The molecule has 4 rings (SSSR count). The van der Waals surface area contributed by atoms with Gasteiger partial charge in [0.1, 0.15) is 10.6 Å². The number of sulfonamides is 1. The number of hydrogen-bond donors (Lipinski definition) is 2. The van der Waals surface area contributed by atoms with Crippen molar-refractivity contribution in [2.45, 2.75) is 25.7 Å². The summed E-state index contributed by atoms with van der Waals surface area (Å²) in [7, 11) is -2.54. The van der Waals surface area contributed by atoms with Crippen molar-refractivity contribution >= 4 is 43.9 Å². The van der Waals surface area contributed by atoms with E-state index in [1.165, 1.54) is 25.4 Å². The number of nitrogens with zero attached hydrogens (tertiary/aromatic N) is 3. The van der Waals surface area contributed by atoms with E-state index in [-0.39, 0.29) is 22.5 Å². The average Bonchev–Trinajstić information content (AvgIpc) is 3.29. The lowest BCUT2D eigenvalue weighted by Crippen LogP contribution is -2.15. The topological polar surface area (TPSA) is 115 Å². The number of ether oxygens (including phenoxy) is 1. The molecule has 0 radical (unpaired) electrons. The van der Waals surface area contributed by atoms with Crippen molar-refractivity contribution in [3.05, 3.63) is 52.9 Å². The van der Waals surface area contributed by atoms with Crippen LogP contribution in [-0.4, -0.2) is 36.0 Å². The minimum absolute atomic E-state index is 0.0232. The van der Waals surface area contributed by atoms with E-state index in [1.54, 1.807) is 28.8 Å². The average molecular weight is 472 g/mol. The summed E-state index contributed by atoms with van der Waals surface area (Å²) in [4.78, 5) is 16.1. The molecule has 2 N–H and O–H groups in total. The van der Waals surface area contributed by atoms with Gasteiger partial charge in [0.15, 0.2) is 0 Å². The first-order valence-electron chi connectivity index (χ1n) is 9.58.